The second-order valence-corrected chi connectivity index (χ2v) is 8.88. The number of rotatable bonds is 8. The molecule has 1 aliphatic carbocycles. The summed E-state index contributed by atoms with van der Waals surface area (Å²) >= 11 is 3.45. The van der Waals surface area contributed by atoms with Crippen LogP contribution < -0.4 is 5.32 Å². The van der Waals surface area contributed by atoms with E-state index in [-0.39, 0.29) is 5.75 Å². The lowest BCUT2D eigenvalue weighted by Crippen LogP contribution is -2.24. The summed E-state index contributed by atoms with van der Waals surface area (Å²) in [5, 5.41) is 3.56. The Bertz CT molecular complexity index is 523. The largest absolute Gasteiger partial charge is 0.313 e. The Labute approximate surface area is 130 Å². The van der Waals surface area contributed by atoms with E-state index in [1.165, 1.54) is 24.7 Å². The topological polar surface area (TPSA) is 46.2 Å². The minimum Gasteiger partial charge on any atom is -0.313 e. The quantitative estimate of drug-likeness (QED) is 0.775. The van der Waals surface area contributed by atoms with Crippen molar-refractivity contribution < 1.29 is 8.42 Å². The molecule has 1 aromatic rings. The summed E-state index contributed by atoms with van der Waals surface area (Å²) in [6.07, 6.45) is 5.50. The van der Waals surface area contributed by atoms with E-state index in [4.69, 9.17) is 0 Å². The van der Waals surface area contributed by atoms with Crippen molar-refractivity contribution >= 4 is 25.8 Å². The van der Waals surface area contributed by atoms with E-state index >= 15 is 0 Å². The number of sulfone groups is 1. The third-order valence-electron chi connectivity index (χ3n) is 3.64. The van der Waals surface area contributed by atoms with Gasteiger partial charge in [-0.05, 0) is 49.3 Å². The minimum atomic E-state index is -2.86. The highest BCUT2D eigenvalue weighted by Crippen LogP contribution is 2.25. The predicted molar refractivity (Wildman–Crippen MR) is 86.9 cm³/mol. The summed E-state index contributed by atoms with van der Waals surface area (Å²) in [7, 11) is -2.86. The molecule has 1 N–H and O–H groups in total. The third-order valence-corrected chi connectivity index (χ3v) is 5.20. The highest BCUT2D eigenvalue weighted by molar-refractivity contribution is 9.10. The second-order valence-electron chi connectivity index (χ2n) is 5.70. The van der Waals surface area contributed by atoms with Crippen molar-refractivity contribution in [3.63, 3.8) is 0 Å². The van der Waals surface area contributed by atoms with Crippen LogP contribution in [0.5, 0.6) is 0 Å². The lowest BCUT2D eigenvalue weighted by Gasteiger charge is -2.18. The van der Waals surface area contributed by atoms with Gasteiger partial charge in [0.25, 0.3) is 0 Å². The maximum absolute atomic E-state index is 11.2. The Balaban J connectivity index is 1.93. The van der Waals surface area contributed by atoms with E-state index in [1.807, 2.05) is 0 Å². The minimum absolute atomic E-state index is 0.281. The van der Waals surface area contributed by atoms with Gasteiger partial charge in [0.2, 0.25) is 0 Å². The Kier molecular flexibility index (Phi) is 5.64. The smallest absolute Gasteiger partial charge is 0.147 e. The molecule has 0 saturated heterocycles. The van der Waals surface area contributed by atoms with Crippen molar-refractivity contribution in [2.24, 2.45) is 0 Å². The molecule has 1 aliphatic rings. The van der Waals surface area contributed by atoms with Crippen LogP contribution >= 0.6 is 15.9 Å². The lowest BCUT2D eigenvalue weighted by molar-refractivity contribution is 0.538. The van der Waals surface area contributed by atoms with Gasteiger partial charge in [0.05, 0.1) is 0 Å². The maximum Gasteiger partial charge on any atom is 0.147 e. The van der Waals surface area contributed by atoms with Crippen molar-refractivity contribution in [1.82, 2.24) is 5.32 Å². The van der Waals surface area contributed by atoms with E-state index in [0.29, 0.717) is 12.0 Å². The maximum atomic E-state index is 11.2. The third kappa shape index (κ3) is 5.94. The molecule has 5 heteroatoms. The average molecular weight is 360 g/mol. The number of nitrogens with one attached hydrogen (secondary N) is 1. The number of hydrogen-bond acceptors (Lipinski definition) is 3. The molecule has 1 atom stereocenters. The average Bonchev–Trinajstić information content (AvgIpc) is 3.17. The fourth-order valence-corrected chi connectivity index (χ4v) is 3.27. The molecule has 2 rings (SSSR count). The first-order valence-electron chi connectivity index (χ1n) is 7.10. The first-order chi connectivity index (χ1) is 9.44. The van der Waals surface area contributed by atoms with Gasteiger partial charge in [0.1, 0.15) is 9.84 Å². The molecule has 1 aromatic carbocycles. The summed E-state index contributed by atoms with van der Waals surface area (Å²) in [5.41, 5.74) is 1.29. The van der Waals surface area contributed by atoms with Crippen LogP contribution in [0, 0.1) is 0 Å². The van der Waals surface area contributed by atoms with E-state index < -0.39 is 9.84 Å². The molecule has 0 aliphatic heterocycles. The Morgan fingerprint density at radius 3 is 2.50 bits per heavy atom. The first-order valence-corrected chi connectivity index (χ1v) is 9.96. The number of halogens is 1. The van der Waals surface area contributed by atoms with Crippen molar-refractivity contribution in [3.8, 4) is 0 Å². The summed E-state index contributed by atoms with van der Waals surface area (Å²) in [4.78, 5) is 0. The number of hydrogen-bond donors (Lipinski definition) is 1. The molecule has 0 heterocycles. The van der Waals surface area contributed by atoms with Crippen LogP contribution in [0.1, 0.15) is 37.2 Å². The van der Waals surface area contributed by atoms with Gasteiger partial charge in [-0.25, -0.2) is 8.42 Å². The van der Waals surface area contributed by atoms with Gasteiger partial charge < -0.3 is 5.32 Å². The zero-order valence-electron chi connectivity index (χ0n) is 11.8. The normalized spacial score (nSPS) is 17.1. The van der Waals surface area contributed by atoms with Gasteiger partial charge in [-0.15, -0.1) is 0 Å². The molecular formula is C15H22BrNO2S. The molecule has 0 amide bonds. The van der Waals surface area contributed by atoms with Crippen LogP contribution in [0.15, 0.2) is 28.7 Å². The molecule has 0 radical (unpaired) electrons. The molecule has 112 valence electrons. The highest BCUT2D eigenvalue weighted by atomic mass is 79.9. The molecule has 1 saturated carbocycles. The summed E-state index contributed by atoms with van der Waals surface area (Å²) in [5.74, 6) is 0.675. The summed E-state index contributed by atoms with van der Waals surface area (Å²) < 4.78 is 23.6. The van der Waals surface area contributed by atoms with Crippen LogP contribution in [0.2, 0.25) is 0 Å². The Hall–Kier alpha value is -0.390. The zero-order chi connectivity index (χ0) is 14.6. The monoisotopic (exact) mass is 359 g/mol. The molecule has 20 heavy (non-hydrogen) atoms. The molecular weight excluding hydrogens is 338 g/mol. The van der Waals surface area contributed by atoms with Gasteiger partial charge in [0, 0.05) is 29.1 Å². The molecule has 3 nitrogen and oxygen atoms in total. The predicted octanol–water partition coefficient (Wildman–Crippen LogP) is 3.11. The van der Waals surface area contributed by atoms with Crippen molar-refractivity contribution in [1.29, 1.82) is 0 Å². The summed E-state index contributed by atoms with van der Waals surface area (Å²) in [6.45, 7) is 0.941. The van der Waals surface area contributed by atoms with Gasteiger partial charge in [0.15, 0.2) is 0 Å². The van der Waals surface area contributed by atoms with Crippen LogP contribution in [0.3, 0.4) is 0 Å². The fourth-order valence-electron chi connectivity index (χ4n) is 2.31. The van der Waals surface area contributed by atoms with E-state index in [0.717, 1.165) is 23.9 Å². The van der Waals surface area contributed by atoms with Gasteiger partial charge in [-0.1, -0.05) is 28.1 Å². The molecule has 0 aromatic heterocycles. The number of benzene rings is 1. The SMILES string of the molecule is CS(=O)(=O)CCCC(CNC1CC1)c1ccc(Br)cc1. The van der Waals surface area contributed by atoms with Crippen molar-refractivity contribution in [3.05, 3.63) is 34.3 Å². The fraction of sp³-hybridized carbons (Fsp3) is 0.600. The first kappa shape index (κ1) is 16.0. The van der Waals surface area contributed by atoms with Gasteiger partial charge >= 0.3 is 0 Å². The molecule has 0 bridgehead atoms. The zero-order valence-corrected chi connectivity index (χ0v) is 14.2. The highest BCUT2D eigenvalue weighted by Gasteiger charge is 2.22. The molecule has 1 fully saturated rings. The van der Waals surface area contributed by atoms with Crippen LogP contribution in [0.25, 0.3) is 0 Å². The second kappa shape index (κ2) is 7.05. The Morgan fingerprint density at radius 1 is 1.30 bits per heavy atom. The summed E-state index contributed by atoms with van der Waals surface area (Å²) in [6, 6.07) is 9.04. The van der Waals surface area contributed by atoms with Crippen molar-refractivity contribution in [2.45, 2.75) is 37.6 Å². The van der Waals surface area contributed by atoms with E-state index in [9.17, 15) is 8.42 Å². The molecule has 0 spiro atoms. The lowest BCUT2D eigenvalue weighted by atomic mass is 9.94. The molecule has 1 unspecified atom stereocenters. The van der Waals surface area contributed by atoms with Crippen molar-refractivity contribution in [2.75, 3.05) is 18.6 Å². The van der Waals surface area contributed by atoms with Crippen LogP contribution in [-0.4, -0.2) is 33.0 Å². The Morgan fingerprint density at radius 2 is 1.95 bits per heavy atom. The standard InChI is InChI=1S/C15H22BrNO2S/c1-20(18,19)10-2-3-13(11-17-15-8-9-15)12-4-6-14(16)7-5-12/h4-7,13,15,17H,2-3,8-11H2,1H3. The van der Waals surface area contributed by atoms with Gasteiger partial charge in [-0.2, -0.15) is 0 Å². The van der Waals surface area contributed by atoms with E-state index in [2.05, 4.69) is 45.5 Å². The van der Waals surface area contributed by atoms with E-state index in [1.54, 1.807) is 0 Å². The van der Waals surface area contributed by atoms with Crippen LogP contribution in [-0.2, 0) is 9.84 Å². The van der Waals surface area contributed by atoms with Gasteiger partial charge in [-0.3, -0.25) is 0 Å². The van der Waals surface area contributed by atoms with Crippen LogP contribution in [0.4, 0.5) is 0 Å².